The quantitative estimate of drug-likeness (QED) is 0.526. The molecule has 4 aromatic rings. The van der Waals surface area contributed by atoms with E-state index >= 15 is 0 Å². The lowest BCUT2D eigenvalue weighted by Crippen LogP contribution is -2.14. The maximum absolute atomic E-state index is 12.8. The summed E-state index contributed by atoms with van der Waals surface area (Å²) in [6, 6.07) is 5.32. The Kier molecular flexibility index (Phi) is 4.65. The molecule has 0 unspecified atom stereocenters. The average Bonchev–Trinajstić information content (AvgIpc) is 3.25. The molecule has 0 radical (unpaired) electrons. The molecule has 27 heavy (non-hydrogen) atoms. The van der Waals surface area contributed by atoms with E-state index in [0.29, 0.717) is 33.0 Å². The van der Waals surface area contributed by atoms with Crippen LogP contribution in [0.2, 0.25) is 0 Å². The Morgan fingerprint density at radius 2 is 2.11 bits per heavy atom. The molecule has 0 atom stereocenters. The van der Waals surface area contributed by atoms with Crippen LogP contribution >= 0.6 is 22.9 Å². The average molecular weight is 398 g/mol. The van der Waals surface area contributed by atoms with Crippen molar-refractivity contribution in [2.45, 2.75) is 6.92 Å². The predicted molar refractivity (Wildman–Crippen MR) is 106 cm³/mol. The third-order valence-electron chi connectivity index (χ3n) is 3.70. The predicted octanol–water partition coefficient (Wildman–Crippen LogP) is 3.86. The van der Waals surface area contributed by atoms with E-state index in [1.54, 1.807) is 37.6 Å². The van der Waals surface area contributed by atoms with Gasteiger partial charge in [0.05, 0.1) is 41.1 Å². The first-order chi connectivity index (χ1) is 13.1. The second-order valence-corrected chi connectivity index (χ2v) is 7.31. The number of hydrogen-bond acceptors (Lipinski definition) is 9. The van der Waals surface area contributed by atoms with Crippen LogP contribution in [-0.2, 0) is 0 Å². The van der Waals surface area contributed by atoms with E-state index in [4.69, 9.17) is 4.74 Å². The minimum atomic E-state index is -0.265. The lowest BCUT2D eigenvalue weighted by Gasteiger charge is -2.07. The summed E-state index contributed by atoms with van der Waals surface area (Å²) in [6.45, 7) is 1.80. The summed E-state index contributed by atoms with van der Waals surface area (Å²) >= 11 is 2.71. The van der Waals surface area contributed by atoms with Crippen LogP contribution in [0.5, 0.6) is 5.88 Å². The van der Waals surface area contributed by atoms with Crippen molar-refractivity contribution in [3.05, 3.63) is 48.0 Å². The number of anilines is 3. The van der Waals surface area contributed by atoms with Gasteiger partial charge in [-0.3, -0.25) is 9.78 Å². The van der Waals surface area contributed by atoms with Crippen molar-refractivity contribution in [3.63, 3.8) is 0 Å². The smallest absolute Gasteiger partial charge is 0.260 e. The SMILES string of the molecule is COc1ccc(NC(=O)c2c(C)nsc2Nc2nc3cnccc3s2)cn1. The molecule has 0 aliphatic heterocycles. The van der Waals surface area contributed by atoms with Gasteiger partial charge in [-0.05, 0) is 30.6 Å². The summed E-state index contributed by atoms with van der Waals surface area (Å²) < 4.78 is 10.3. The molecule has 10 heteroatoms. The standard InChI is InChI=1S/C17H14N6O2S2/c1-9-14(15(24)20-10-3-4-13(25-2)19-7-10)16(27-23-9)22-17-21-11-8-18-6-5-12(11)26-17/h3-8H,1-2H3,(H,20,24)(H,21,22). The van der Waals surface area contributed by atoms with E-state index in [0.717, 1.165) is 10.2 Å². The van der Waals surface area contributed by atoms with Crippen LogP contribution in [0.25, 0.3) is 10.2 Å². The summed E-state index contributed by atoms with van der Waals surface area (Å²) in [4.78, 5) is 25.4. The van der Waals surface area contributed by atoms with Crippen molar-refractivity contribution in [2.24, 2.45) is 0 Å². The van der Waals surface area contributed by atoms with Gasteiger partial charge in [0.2, 0.25) is 5.88 Å². The number of hydrogen-bond donors (Lipinski definition) is 2. The van der Waals surface area contributed by atoms with Gasteiger partial charge in [0.1, 0.15) is 10.5 Å². The van der Waals surface area contributed by atoms with E-state index in [9.17, 15) is 4.79 Å². The van der Waals surface area contributed by atoms with Crippen molar-refractivity contribution in [2.75, 3.05) is 17.7 Å². The number of amides is 1. The Hall–Kier alpha value is -3.11. The fraction of sp³-hybridized carbons (Fsp3) is 0.118. The molecule has 0 fully saturated rings. The topological polar surface area (TPSA) is 102 Å². The van der Waals surface area contributed by atoms with Crippen LogP contribution < -0.4 is 15.4 Å². The lowest BCUT2D eigenvalue weighted by atomic mass is 10.2. The van der Waals surface area contributed by atoms with Crippen molar-refractivity contribution >= 4 is 54.8 Å². The van der Waals surface area contributed by atoms with Crippen LogP contribution in [0.4, 0.5) is 15.8 Å². The first kappa shape index (κ1) is 17.3. The molecule has 2 N–H and O–H groups in total. The number of methoxy groups -OCH3 is 1. The van der Waals surface area contributed by atoms with Gasteiger partial charge in [0.15, 0.2) is 5.13 Å². The summed E-state index contributed by atoms with van der Waals surface area (Å²) in [5.41, 5.74) is 2.50. The van der Waals surface area contributed by atoms with Crippen molar-refractivity contribution in [1.82, 2.24) is 19.3 Å². The first-order valence-corrected chi connectivity index (χ1v) is 9.48. The summed E-state index contributed by atoms with van der Waals surface area (Å²) in [6.07, 6.45) is 4.97. The third-order valence-corrected chi connectivity index (χ3v) is 5.51. The second kappa shape index (κ2) is 7.25. The summed E-state index contributed by atoms with van der Waals surface area (Å²) in [7, 11) is 1.54. The van der Waals surface area contributed by atoms with Gasteiger partial charge in [0, 0.05) is 12.3 Å². The molecule has 4 rings (SSSR count). The zero-order valence-electron chi connectivity index (χ0n) is 14.4. The Morgan fingerprint density at radius 1 is 1.22 bits per heavy atom. The van der Waals surface area contributed by atoms with Crippen LogP contribution in [0.1, 0.15) is 16.1 Å². The first-order valence-electron chi connectivity index (χ1n) is 7.89. The second-order valence-electron chi connectivity index (χ2n) is 5.50. The highest BCUT2D eigenvalue weighted by Gasteiger charge is 2.20. The normalized spacial score (nSPS) is 10.7. The van der Waals surface area contributed by atoms with Gasteiger partial charge in [-0.1, -0.05) is 11.3 Å². The molecular formula is C17H14N6O2S2. The molecule has 0 aliphatic carbocycles. The van der Waals surface area contributed by atoms with Crippen LogP contribution in [0, 0.1) is 6.92 Å². The van der Waals surface area contributed by atoms with Gasteiger partial charge in [-0.15, -0.1) is 0 Å². The molecule has 0 bridgehead atoms. The van der Waals surface area contributed by atoms with E-state index in [1.807, 2.05) is 6.07 Å². The molecule has 1 amide bonds. The maximum atomic E-state index is 12.8. The van der Waals surface area contributed by atoms with Gasteiger partial charge in [-0.25, -0.2) is 9.97 Å². The number of carbonyl (C=O) groups excluding carboxylic acids is 1. The Balaban J connectivity index is 1.57. The number of pyridine rings is 2. The number of rotatable bonds is 5. The highest BCUT2D eigenvalue weighted by molar-refractivity contribution is 7.22. The monoisotopic (exact) mass is 398 g/mol. The number of nitrogens with one attached hydrogen (secondary N) is 2. The Bertz CT molecular complexity index is 1070. The van der Waals surface area contributed by atoms with Crippen LogP contribution in [0.15, 0.2) is 36.8 Å². The fourth-order valence-electron chi connectivity index (χ4n) is 2.42. The molecular weight excluding hydrogens is 384 g/mol. The number of aryl methyl sites for hydroxylation is 1. The van der Waals surface area contributed by atoms with Crippen molar-refractivity contribution < 1.29 is 9.53 Å². The maximum Gasteiger partial charge on any atom is 0.260 e. The van der Waals surface area contributed by atoms with Crippen LogP contribution in [-0.4, -0.2) is 32.3 Å². The minimum absolute atomic E-state index is 0.265. The number of fused-ring (bicyclic) bond motifs is 1. The number of thiazole rings is 1. The van der Waals surface area contributed by atoms with E-state index in [-0.39, 0.29) is 5.91 Å². The number of aromatic nitrogens is 4. The molecule has 0 aliphatic rings. The summed E-state index contributed by atoms with van der Waals surface area (Å²) in [5, 5.41) is 7.36. The largest absolute Gasteiger partial charge is 0.481 e. The van der Waals surface area contributed by atoms with E-state index in [2.05, 4.69) is 30.0 Å². The van der Waals surface area contributed by atoms with Gasteiger partial charge in [0.25, 0.3) is 5.91 Å². The molecule has 0 saturated heterocycles. The van der Waals surface area contributed by atoms with Gasteiger partial charge in [-0.2, -0.15) is 4.37 Å². The van der Waals surface area contributed by atoms with Crippen molar-refractivity contribution in [1.29, 1.82) is 0 Å². The molecule has 0 spiro atoms. The zero-order valence-corrected chi connectivity index (χ0v) is 16.0. The minimum Gasteiger partial charge on any atom is -0.481 e. The highest BCUT2D eigenvalue weighted by atomic mass is 32.1. The Morgan fingerprint density at radius 3 is 2.85 bits per heavy atom. The highest BCUT2D eigenvalue weighted by Crippen LogP contribution is 2.32. The van der Waals surface area contributed by atoms with E-state index in [1.165, 1.54) is 30.0 Å². The number of nitrogens with zero attached hydrogens (tertiary/aromatic N) is 4. The number of ether oxygens (including phenoxy) is 1. The summed E-state index contributed by atoms with van der Waals surface area (Å²) in [5.74, 6) is 0.215. The molecule has 8 nitrogen and oxygen atoms in total. The lowest BCUT2D eigenvalue weighted by molar-refractivity contribution is 0.102. The number of carbonyl (C=O) groups is 1. The molecule has 0 saturated carbocycles. The van der Waals surface area contributed by atoms with Crippen LogP contribution in [0.3, 0.4) is 0 Å². The third kappa shape index (κ3) is 3.57. The van der Waals surface area contributed by atoms with Gasteiger partial charge < -0.3 is 15.4 Å². The molecule has 4 heterocycles. The van der Waals surface area contributed by atoms with Crippen molar-refractivity contribution in [3.8, 4) is 5.88 Å². The van der Waals surface area contributed by atoms with Gasteiger partial charge >= 0.3 is 0 Å². The molecule has 4 aromatic heterocycles. The molecule has 0 aromatic carbocycles. The zero-order chi connectivity index (χ0) is 18.8. The Labute approximate surface area is 162 Å². The van der Waals surface area contributed by atoms with E-state index < -0.39 is 0 Å². The molecule has 136 valence electrons. The fourth-order valence-corrected chi connectivity index (χ4v) is 4.12.